The molecule has 1 aromatic carbocycles. The summed E-state index contributed by atoms with van der Waals surface area (Å²) in [6.07, 6.45) is 3.64. The summed E-state index contributed by atoms with van der Waals surface area (Å²) in [6, 6.07) is 6.78. The van der Waals surface area contributed by atoms with Crippen LogP contribution in [0.4, 0.5) is 0 Å². The van der Waals surface area contributed by atoms with Crippen LogP contribution in [0.2, 0.25) is 0 Å². The van der Waals surface area contributed by atoms with Crippen molar-refractivity contribution in [2.75, 3.05) is 26.2 Å². The monoisotopic (exact) mass is 288 g/mol. The van der Waals surface area contributed by atoms with Gasteiger partial charge in [-0.3, -0.25) is 9.69 Å². The van der Waals surface area contributed by atoms with Crippen molar-refractivity contribution in [3.8, 4) is 0 Å². The number of aromatic carboxylic acids is 1. The Morgan fingerprint density at radius 3 is 2.71 bits per heavy atom. The van der Waals surface area contributed by atoms with Gasteiger partial charge in [-0.15, -0.1) is 0 Å². The van der Waals surface area contributed by atoms with E-state index in [1.165, 1.54) is 25.0 Å². The molecule has 1 N–H and O–H groups in total. The molecule has 21 heavy (non-hydrogen) atoms. The first-order valence-electron chi connectivity index (χ1n) is 7.52. The molecule has 1 atom stereocenters. The van der Waals surface area contributed by atoms with Crippen molar-refractivity contribution in [1.29, 1.82) is 0 Å². The third-order valence-electron chi connectivity index (χ3n) is 4.48. The van der Waals surface area contributed by atoms with E-state index < -0.39 is 5.97 Å². The lowest BCUT2D eigenvalue weighted by atomic mass is 9.99. The summed E-state index contributed by atoms with van der Waals surface area (Å²) in [6.45, 7) is 3.55. The highest BCUT2D eigenvalue weighted by atomic mass is 16.4. The summed E-state index contributed by atoms with van der Waals surface area (Å²) in [5.41, 5.74) is 0.635. The lowest BCUT2D eigenvalue weighted by molar-refractivity contribution is 0.0372. The predicted molar refractivity (Wildman–Crippen MR) is 78.5 cm³/mol. The normalized spacial score (nSPS) is 22.7. The summed E-state index contributed by atoms with van der Waals surface area (Å²) in [5, 5.41) is 9.02. The number of fused-ring (bicyclic) bond motifs is 1. The van der Waals surface area contributed by atoms with Gasteiger partial charge in [0.25, 0.3) is 5.91 Å². The summed E-state index contributed by atoms with van der Waals surface area (Å²) in [5.74, 6) is -1.05. The lowest BCUT2D eigenvalue weighted by Crippen LogP contribution is -2.56. The fourth-order valence-electron chi connectivity index (χ4n) is 3.31. The molecule has 1 unspecified atom stereocenters. The predicted octanol–water partition coefficient (Wildman–Crippen LogP) is 1.70. The Labute approximate surface area is 124 Å². The SMILES string of the molecule is O=C(O)c1cccc(C(=O)N2CCN3CCCCC3C2)c1. The number of benzene rings is 1. The molecule has 2 fully saturated rings. The van der Waals surface area contributed by atoms with Gasteiger partial charge in [0.1, 0.15) is 0 Å². The van der Waals surface area contributed by atoms with Gasteiger partial charge >= 0.3 is 5.97 Å². The molecular formula is C16H20N2O3. The van der Waals surface area contributed by atoms with Gasteiger partial charge in [0.2, 0.25) is 0 Å². The number of piperazine rings is 1. The molecule has 5 heteroatoms. The minimum Gasteiger partial charge on any atom is -0.478 e. The maximum atomic E-state index is 12.6. The van der Waals surface area contributed by atoms with Gasteiger partial charge in [0, 0.05) is 31.2 Å². The van der Waals surface area contributed by atoms with Crippen LogP contribution in [0.3, 0.4) is 0 Å². The average Bonchev–Trinajstić information content (AvgIpc) is 2.53. The highest BCUT2D eigenvalue weighted by Crippen LogP contribution is 2.22. The maximum Gasteiger partial charge on any atom is 0.335 e. The number of amides is 1. The Balaban J connectivity index is 1.73. The second kappa shape index (κ2) is 5.85. The molecule has 0 saturated carbocycles. The molecule has 0 radical (unpaired) electrons. The highest BCUT2D eigenvalue weighted by Gasteiger charge is 2.31. The third-order valence-corrected chi connectivity index (χ3v) is 4.48. The fraction of sp³-hybridized carbons (Fsp3) is 0.500. The molecule has 112 valence electrons. The van der Waals surface area contributed by atoms with Crippen molar-refractivity contribution >= 4 is 11.9 Å². The molecule has 1 aromatic rings. The Kier molecular flexibility index (Phi) is 3.92. The first-order valence-corrected chi connectivity index (χ1v) is 7.52. The Hall–Kier alpha value is -1.88. The summed E-state index contributed by atoms with van der Waals surface area (Å²) < 4.78 is 0. The molecule has 2 heterocycles. The first-order chi connectivity index (χ1) is 10.1. The minimum atomic E-state index is -0.998. The number of carbonyl (C=O) groups excluding carboxylic acids is 1. The largest absolute Gasteiger partial charge is 0.478 e. The van der Waals surface area contributed by atoms with E-state index in [4.69, 9.17) is 5.11 Å². The summed E-state index contributed by atoms with van der Waals surface area (Å²) >= 11 is 0. The zero-order chi connectivity index (χ0) is 14.8. The van der Waals surface area contributed by atoms with E-state index in [-0.39, 0.29) is 11.5 Å². The molecule has 5 nitrogen and oxygen atoms in total. The molecule has 0 aromatic heterocycles. The Morgan fingerprint density at radius 1 is 1.10 bits per heavy atom. The number of piperidine rings is 1. The zero-order valence-electron chi connectivity index (χ0n) is 12.0. The fourth-order valence-corrected chi connectivity index (χ4v) is 3.31. The van der Waals surface area contributed by atoms with E-state index in [2.05, 4.69) is 4.90 Å². The summed E-state index contributed by atoms with van der Waals surface area (Å²) in [7, 11) is 0. The second-order valence-corrected chi connectivity index (χ2v) is 5.82. The molecular weight excluding hydrogens is 268 g/mol. The van der Waals surface area contributed by atoms with Gasteiger partial charge in [0.15, 0.2) is 0 Å². The van der Waals surface area contributed by atoms with E-state index in [1.807, 2.05) is 4.90 Å². The quantitative estimate of drug-likeness (QED) is 0.899. The molecule has 2 saturated heterocycles. The molecule has 0 bridgehead atoms. The number of carbonyl (C=O) groups is 2. The van der Waals surface area contributed by atoms with Crippen LogP contribution in [0.1, 0.15) is 40.0 Å². The van der Waals surface area contributed by atoms with Crippen molar-refractivity contribution in [1.82, 2.24) is 9.80 Å². The number of nitrogens with zero attached hydrogens (tertiary/aromatic N) is 2. The molecule has 0 aliphatic carbocycles. The van der Waals surface area contributed by atoms with Crippen LogP contribution in [0.15, 0.2) is 24.3 Å². The number of carboxylic acids is 1. The van der Waals surface area contributed by atoms with Crippen LogP contribution in [0, 0.1) is 0 Å². The average molecular weight is 288 g/mol. The van der Waals surface area contributed by atoms with Crippen LogP contribution < -0.4 is 0 Å². The first kappa shape index (κ1) is 14.1. The maximum absolute atomic E-state index is 12.6. The smallest absolute Gasteiger partial charge is 0.335 e. The van der Waals surface area contributed by atoms with Crippen LogP contribution in [0.5, 0.6) is 0 Å². The Morgan fingerprint density at radius 2 is 1.90 bits per heavy atom. The van der Waals surface area contributed by atoms with E-state index in [0.29, 0.717) is 11.6 Å². The number of hydrogen-bond acceptors (Lipinski definition) is 3. The van der Waals surface area contributed by atoms with E-state index in [1.54, 1.807) is 12.1 Å². The van der Waals surface area contributed by atoms with Gasteiger partial charge in [-0.25, -0.2) is 4.79 Å². The standard InChI is InChI=1S/C16H20N2O3/c19-15(12-4-3-5-13(10-12)16(20)21)18-9-8-17-7-2-1-6-14(17)11-18/h3-5,10,14H,1-2,6-9,11H2,(H,20,21). The Bertz CT molecular complexity index is 558. The van der Waals surface area contributed by atoms with E-state index >= 15 is 0 Å². The van der Waals surface area contributed by atoms with Gasteiger partial charge in [-0.1, -0.05) is 12.5 Å². The van der Waals surface area contributed by atoms with E-state index in [0.717, 1.165) is 32.6 Å². The second-order valence-electron chi connectivity index (χ2n) is 5.82. The topological polar surface area (TPSA) is 60.9 Å². The van der Waals surface area contributed by atoms with Gasteiger partial charge in [-0.2, -0.15) is 0 Å². The van der Waals surface area contributed by atoms with Crippen LogP contribution in [-0.4, -0.2) is 59.0 Å². The lowest BCUT2D eigenvalue weighted by Gasteiger charge is -2.44. The molecule has 2 aliphatic heterocycles. The summed E-state index contributed by atoms with van der Waals surface area (Å²) in [4.78, 5) is 27.9. The zero-order valence-corrected chi connectivity index (χ0v) is 12.0. The van der Waals surface area contributed by atoms with Crippen molar-refractivity contribution in [2.45, 2.75) is 25.3 Å². The van der Waals surface area contributed by atoms with Crippen molar-refractivity contribution in [3.05, 3.63) is 35.4 Å². The van der Waals surface area contributed by atoms with Crippen LogP contribution in [-0.2, 0) is 0 Å². The van der Waals surface area contributed by atoms with Crippen molar-refractivity contribution in [2.24, 2.45) is 0 Å². The van der Waals surface area contributed by atoms with Crippen molar-refractivity contribution < 1.29 is 14.7 Å². The van der Waals surface area contributed by atoms with Gasteiger partial charge in [0.05, 0.1) is 5.56 Å². The number of hydrogen-bond donors (Lipinski definition) is 1. The van der Waals surface area contributed by atoms with Gasteiger partial charge in [-0.05, 0) is 37.6 Å². The molecule has 3 rings (SSSR count). The van der Waals surface area contributed by atoms with Crippen molar-refractivity contribution in [3.63, 3.8) is 0 Å². The molecule has 2 aliphatic rings. The van der Waals surface area contributed by atoms with Crippen LogP contribution in [0.25, 0.3) is 0 Å². The molecule has 0 spiro atoms. The van der Waals surface area contributed by atoms with E-state index in [9.17, 15) is 9.59 Å². The minimum absolute atomic E-state index is 0.0525. The highest BCUT2D eigenvalue weighted by molar-refractivity contribution is 5.97. The number of carboxylic acid groups (broad SMARTS) is 1. The number of rotatable bonds is 2. The molecule has 1 amide bonds. The van der Waals surface area contributed by atoms with Crippen LogP contribution >= 0.6 is 0 Å². The third kappa shape index (κ3) is 2.93. The van der Waals surface area contributed by atoms with Gasteiger partial charge < -0.3 is 10.0 Å².